The molecule has 0 bridgehead atoms. The molecule has 0 radical (unpaired) electrons. The minimum absolute atomic E-state index is 0.0199. The van der Waals surface area contributed by atoms with Gasteiger partial charge in [0, 0.05) is 13.6 Å². The van der Waals surface area contributed by atoms with Crippen molar-refractivity contribution in [2.24, 2.45) is 5.73 Å². The van der Waals surface area contributed by atoms with E-state index >= 15 is 0 Å². The Kier molecular flexibility index (Phi) is 3.50. The molecule has 5 heteroatoms. The van der Waals surface area contributed by atoms with Gasteiger partial charge in [0.1, 0.15) is 0 Å². The molecule has 1 fully saturated rings. The summed E-state index contributed by atoms with van der Waals surface area (Å²) in [4.78, 5) is 13.1. The summed E-state index contributed by atoms with van der Waals surface area (Å²) in [5, 5.41) is 2.60. The highest BCUT2D eigenvalue weighted by Gasteiger charge is 2.28. The van der Waals surface area contributed by atoms with Crippen LogP contribution in [0.15, 0.2) is 0 Å². The first-order valence-electron chi connectivity index (χ1n) is 4.49. The van der Waals surface area contributed by atoms with Crippen molar-refractivity contribution in [1.82, 2.24) is 10.2 Å². The lowest BCUT2D eigenvalue weighted by atomic mass is 10.2. The molecule has 0 aromatic carbocycles. The summed E-state index contributed by atoms with van der Waals surface area (Å²) in [6.45, 7) is 3.56. The van der Waals surface area contributed by atoms with E-state index in [1.54, 1.807) is 11.9 Å². The van der Waals surface area contributed by atoms with Gasteiger partial charge in [0.15, 0.2) is 0 Å². The molecule has 2 unspecified atom stereocenters. The number of nitrogens with one attached hydrogen (secondary N) is 1. The van der Waals surface area contributed by atoms with Crippen molar-refractivity contribution in [3.8, 4) is 0 Å². The molecule has 2 atom stereocenters. The number of nitrogens with two attached hydrogens (primary N) is 1. The molecule has 76 valence electrons. The predicted molar refractivity (Wildman–Crippen MR) is 49.4 cm³/mol. The lowest BCUT2D eigenvalue weighted by molar-refractivity contribution is -0.0359. The van der Waals surface area contributed by atoms with E-state index in [1.807, 2.05) is 6.92 Å². The average molecular weight is 187 g/mol. The van der Waals surface area contributed by atoms with Crippen LogP contribution in [0.5, 0.6) is 0 Å². The van der Waals surface area contributed by atoms with E-state index in [9.17, 15) is 4.79 Å². The molecule has 0 aromatic rings. The summed E-state index contributed by atoms with van der Waals surface area (Å²) in [5.41, 5.74) is 5.47. The SMILES string of the molecule is CNC(=O)N1CC(CN)OCC1C. The number of urea groups is 1. The molecule has 1 saturated heterocycles. The smallest absolute Gasteiger partial charge is 0.317 e. The summed E-state index contributed by atoms with van der Waals surface area (Å²) in [5.74, 6) is 0. The summed E-state index contributed by atoms with van der Waals surface area (Å²) in [7, 11) is 1.63. The first-order chi connectivity index (χ1) is 6.19. The van der Waals surface area contributed by atoms with Crippen LogP contribution in [-0.2, 0) is 4.74 Å². The molecular formula is C8H17N3O2. The van der Waals surface area contributed by atoms with Gasteiger partial charge in [-0.3, -0.25) is 0 Å². The number of ether oxygens (including phenoxy) is 1. The van der Waals surface area contributed by atoms with Gasteiger partial charge in [0.05, 0.1) is 25.3 Å². The van der Waals surface area contributed by atoms with Gasteiger partial charge in [-0.05, 0) is 6.92 Å². The Morgan fingerprint density at radius 2 is 2.46 bits per heavy atom. The molecule has 1 rings (SSSR count). The van der Waals surface area contributed by atoms with Gasteiger partial charge in [-0.25, -0.2) is 4.79 Å². The van der Waals surface area contributed by atoms with Gasteiger partial charge in [-0.1, -0.05) is 0 Å². The van der Waals surface area contributed by atoms with Crippen LogP contribution < -0.4 is 11.1 Å². The third-order valence-corrected chi connectivity index (χ3v) is 2.24. The van der Waals surface area contributed by atoms with Gasteiger partial charge in [0.2, 0.25) is 0 Å². The molecule has 0 saturated carbocycles. The number of nitrogens with zero attached hydrogens (tertiary/aromatic N) is 1. The van der Waals surface area contributed by atoms with Gasteiger partial charge in [-0.15, -0.1) is 0 Å². The maximum atomic E-state index is 11.4. The highest BCUT2D eigenvalue weighted by molar-refractivity contribution is 5.74. The van der Waals surface area contributed by atoms with E-state index in [-0.39, 0.29) is 18.2 Å². The fraction of sp³-hybridized carbons (Fsp3) is 0.875. The molecule has 1 aliphatic rings. The summed E-state index contributed by atoms with van der Waals surface area (Å²) < 4.78 is 5.42. The predicted octanol–water partition coefficient (Wildman–Crippen LogP) is -0.626. The second-order valence-electron chi connectivity index (χ2n) is 3.25. The third kappa shape index (κ3) is 2.32. The van der Waals surface area contributed by atoms with Crippen molar-refractivity contribution in [2.45, 2.75) is 19.1 Å². The molecule has 1 aliphatic heterocycles. The number of hydrogen-bond donors (Lipinski definition) is 2. The van der Waals surface area contributed by atoms with E-state index < -0.39 is 0 Å². The lowest BCUT2D eigenvalue weighted by Gasteiger charge is -2.37. The van der Waals surface area contributed by atoms with Crippen molar-refractivity contribution in [2.75, 3.05) is 26.7 Å². The molecule has 0 spiro atoms. The Bertz CT molecular complexity index is 186. The standard InChI is InChI=1S/C8H17N3O2/c1-6-5-13-7(3-9)4-11(6)8(12)10-2/h6-7H,3-5,9H2,1-2H3,(H,10,12). The Hall–Kier alpha value is -0.810. The molecule has 13 heavy (non-hydrogen) atoms. The number of amides is 2. The van der Waals surface area contributed by atoms with E-state index in [4.69, 9.17) is 10.5 Å². The first kappa shape index (κ1) is 10.3. The van der Waals surface area contributed by atoms with Gasteiger partial charge in [-0.2, -0.15) is 0 Å². The van der Waals surface area contributed by atoms with E-state index in [0.29, 0.717) is 19.7 Å². The second kappa shape index (κ2) is 4.43. The zero-order valence-corrected chi connectivity index (χ0v) is 8.12. The summed E-state index contributed by atoms with van der Waals surface area (Å²) in [6, 6.07) is 0.0667. The van der Waals surface area contributed by atoms with Crippen LogP contribution in [0.2, 0.25) is 0 Å². The second-order valence-corrected chi connectivity index (χ2v) is 3.25. The molecule has 5 nitrogen and oxygen atoms in total. The van der Waals surface area contributed by atoms with E-state index in [0.717, 1.165) is 0 Å². The highest BCUT2D eigenvalue weighted by Crippen LogP contribution is 2.10. The molecule has 2 amide bonds. The zero-order chi connectivity index (χ0) is 9.84. The first-order valence-corrected chi connectivity index (χ1v) is 4.49. The largest absolute Gasteiger partial charge is 0.373 e. The van der Waals surface area contributed by atoms with Crippen molar-refractivity contribution in [3.63, 3.8) is 0 Å². The average Bonchev–Trinajstić information content (AvgIpc) is 2.17. The van der Waals surface area contributed by atoms with Crippen molar-refractivity contribution >= 4 is 6.03 Å². The Balaban J connectivity index is 2.54. The third-order valence-electron chi connectivity index (χ3n) is 2.24. The molecule has 0 aliphatic carbocycles. The van der Waals surface area contributed by atoms with Crippen LogP contribution in [0.4, 0.5) is 4.79 Å². The van der Waals surface area contributed by atoms with Gasteiger partial charge in [0.25, 0.3) is 0 Å². The van der Waals surface area contributed by atoms with Crippen LogP contribution in [0.1, 0.15) is 6.92 Å². The van der Waals surface area contributed by atoms with E-state index in [1.165, 1.54) is 0 Å². The number of carbonyl (C=O) groups excluding carboxylic acids is 1. The summed E-state index contributed by atoms with van der Waals surface area (Å²) >= 11 is 0. The van der Waals surface area contributed by atoms with Crippen LogP contribution in [0.3, 0.4) is 0 Å². The van der Waals surface area contributed by atoms with Crippen LogP contribution in [0.25, 0.3) is 0 Å². The number of rotatable bonds is 1. The fourth-order valence-electron chi connectivity index (χ4n) is 1.39. The van der Waals surface area contributed by atoms with Gasteiger partial charge >= 0.3 is 6.03 Å². The van der Waals surface area contributed by atoms with Gasteiger partial charge < -0.3 is 20.7 Å². The monoisotopic (exact) mass is 187 g/mol. The normalized spacial score (nSPS) is 28.7. The molecular weight excluding hydrogens is 170 g/mol. The minimum Gasteiger partial charge on any atom is -0.373 e. The molecule has 1 heterocycles. The van der Waals surface area contributed by atoms with Crippen molar-refractivity contribution in [1.29, 1.82) is 0 Å². The van der Waals surface area contributed by atoms with Crippen LogP contribution >= 0.6 is 0 Å². The zero-order valence-electron chi connectivity index (χ0n) is 8.12. The van der Waals surface area contributed by atoms with Crippen molar-refractivity contribution in [3.05, 3.63) is 0 Å². The molecule has 0 aromatic heterocycles. The van der Waals surface area contributed by atoms with Crippen LogP contribution in [0, 0.1) is 0 Å². The fourth-order valence-corrected chi connectivity index (χ4v) is 1.39. The number of carbonyl (C=O) groups is 1. The Morgan fingerprint density at radius 3 is 3.00 bits per heavy atom. The van der Waals surface area contributed by atoms with Crippen molar-refractivity contribution < 1.29 is 9.53 Å². The highest BCUT2D eigenvalue weighted by atomic mass is 16.5. The molecule has 3 N–H and O–H groups in total. The lowest BCUT2D eigenvalue weighted by Crippen LogP contribution is -2.55. The number of hydrogen-bond acceptors (Lipinski definition) is 3. The summed E-state index contributed by atoms with van der Waals surface area (Å²) in [6.07, 6.45) is -0.0199. The Labute approximate surface area is 78.2 Å². The van der Waals surface area contributed by atoms with Crippen LogP contribution in [-0.4, -0.2) is 49.8 Å². The maximum absolute atomic E-state index is 11.4. The maximum Gasteiger partial charge on any atom is 0.317 e. The topological polar surface area (TPSA) is 67.6 Å². The number of morpholine rings is 1. The Morgan fingerprint density at radius 1 is 1.77 bits per heavy atom. The minimum atomic E-state index is -0.0609. The quantitative estimate of drug-likeness (QED) is 0.574. The van der Waals surface area contributed by atoms with E-state index in [2.05, 4.69) is 5.32 Å².